The Balaban J connectivity index is 1.80. The third-order valence-corrected chi connectivity index (χ3v) is 6.63. The highest BCUT2D eigenvalue weighted by Crippen LogP contribution is 2.36. The molecule has 0 atom stereocenters. The number of allylic oxidation sites excluding steroid dienone is 2. The molecular weight excluding hydrogens is 414 g/mol. The van der Waals surface area contributed by atoms with Gasteiger partial charge in [-0.05, 0) is 56.3 Å². The van der Waals surface area contributed by atoms with E-state index in [0.29, 0.717) is 6.54 Å². The van der Waals surface area contributed by atoms with Gasteiger partial charge in [0.2, 0.25) is 0 Å². The van der Waals surface area contributed by atoms with E-state index in [1.54, 1.807) is 0 Å². The third-order valence-electron chi connectivity index (χ3n) is 6.63. The molecule has 3 heteroatoms. The van der Waals surface area contributed by atoms with E-state index in [-0.39, 0.29) is 0 Å². The van der Waals surface area contributed by atoms with Crippen LogP contribution in [0.2, 0.25) is 0 Å². The van der Waals surface area contributed by atoms with Gasteiger partial charge in [0, 0.05) is 28.1 Å². The lowest BCUT2D eigenvalue weighted by Crippen LogP contribution is -2.11. The van der Waals surface area contributed by atoms with Crippen molar-refractivity contribution < 1.29 is 0 Å². The maximum atomic E-state index is 5.82. The number of nitrogens with zero attached hydrogens (tertiary/aromatic N) is 2. The lowest BCUT2D eigenvalue weighted by atomic mass is 10.1. The second kappa shape index (κ2) is 8.05. The highest BCUT2D eigenvalue weighted by atomic mass is 15.2. The molecule has 4 aromatic carbocycles. The zero-order chi connectivity index (χ0) is 23.2. The van der Waals surface area contributed by atoms with E-state index >= 15 is 0 Å². The second-order valence-electron chi connectivity index (χ2n) is 8.94. The smallest absolute Gasteiger partial charge is 0.122 e. The molecular formula is C31H27N3. The quantitative estimate of drug-likeness (QED) is 0.289. The van der Waals surface area contributed by atoms with Gasteiger partial charge in [0.1, 0.15) is 5.82 Å². The van der Waals surface area contributed by atoms with Gasteiger partial charge in [-0.2, -0.15) is 0 Å². The van der Waals surface area contributed by atoms with Gasteiger partial charge in [0.25, 0.3) is 0 Å². The largest absolute Gasteiger partial charge is 0.327 e. The number of nitrogens with two attached hydrogens (primary N) is 1. The molecule has 0 radical (unpaired) electrons. The van der Waals surface area contributed by atoms with Crippen molar-refractivity contribution in [1.29, 1.82) is 0 Å². The zero-order valence-electron chi connectivity index (χ0n) is 19.5. The maximum Gasteiger partial charge on any atom is 0.122 e. The van der Waals surface area contributed by atoms with E-state index in [0.717, 1.165) is 5.82 Å². The van der Waals surface area contributed by atoms with E-state index in [2.05, 4.69) is 120 Å². The van der Waals surface area contributed by atoms with Crippen molar-refractivity contribution in [2.45, 2.75) is 13.8 Å². The summed E-state index contributed by atoms with van der Waals surface area (Å²) in [6, 6.07) is 30.8. The van der Waals surface area contributed by atoms with Crippen LogP contribution in [0.1, 0.15) is 11.1 Å². The molecule has 0 fully saturated rings. The van der Waals surface area contributed by atoms with Gasteiger partial charge in [-0.15, -0.1) is 0 Å². The van der Waals surface area contributed by atoms with Gasteiger partial charge >= 0.3 is 0 Å². The zero-order valence-corrected chi connectivity index (χ0v) is 19.5. The lowest BCUT2D eigenvalue weighted by molar-refractivity contribution is 0.844. The van der Waals surface area contributed by atoms with Crippen LogP contribution in [0.5, 0.6) is 0 Å². The average molecular weight is 442 g/mol. The standard InChI is InChI=1S/C31H27N3/c1-21-14-16-29-25(19-21)23-9-3-5-11-27(23)33(29)31(13-7-8-18-32)34-28-12-6-4-10-24(28)26-20-22(2)15-17-30(26)34/h3-17,19-20H,18,32H2,1-2H3/b8-7-. The second-order valence-corrected chi connectivity index (χ2v) is 8.94. The Morgan fingerprint density at radius 3 is 1.62 bits per heavy atom. The maximum absolute atomic E-state index is 5.82. The summed E-state index contributed by atoms with van der Waals surface area (Å²) in [4.78, 5) is 0. The average Bonchev–Trinajstić information content (AvgIpc) is 3.35. The fourth-order valence-corrected chi connectivity index (χ4v) is 5.15. The minimum atomic E-state index is 0.502. The number of rotatable bonds is 4. The molecule has 0 aliphatic rings. The Hall–Kier alpha value is -4.08. The summed E-state index contributed by atoms with van der Waals surface area (Å²) < 4.78 is 4.77. The molecule has 0 saturated carbocycles. The van der Waals surface area contributed by atoms with Gasteiger partial charge in [0.05, 0.1) is 22.1 Å². The van der Waals surface area contributed by atoms with E-state index in [1.807, 2.05) is 6.08 Å². The normalized spacial score (nSPS) is 12.0. The first-order valence-electron chi connectivity index (χ1n) is 11.7. The van der Waals surface area contributed by atoms with Crippen molar-refractivity contribution in [1.82, 2.24) is 9.13 Å². The molecule has 3 nitrogen and oxygen atoms in total. The van der Waals surface area contributed by atoms with Crippen molar-refractivity contribution in [3.63, 3.8) is 0 Å². The number of hydrogen-bond acceptors (Lipinski definition) is 1. The van der Waals surface area contributed by atoms with Gasteiger partial charge in [0.15, 0.2) is 0 Å². The van der Waals surface area contributed by atoms with Crippen LogP contribution in [-0.2, 0) is 0 Å². The molecule has 0 aliphatic carbocycles. The van der Waals surface area contributed by atoms with Gasteiger partial charge in [-0.3, -0.25) is 9.13 Å². The summed E-state index contributed by atoms with van der Waals surface area (Å²) in [7, 11) is 0. The van der Waals surface area contributed by atoms with Crippen molar-refractivity contribution >= 4 is 43.6 Å². The predicted octanol–water partition coefficient (Wildman–Crippen LogP) is 7.20. The highest BCUT2D eigenvalue weighted by molar-refractivity contribution is 6.10. The van der Waals surface area contributed by atoms with E-state index < -0.39 is 0 Å². The van der Waals surface area contributed by atoms with Crippen LogP contribution in [0.4, 0.5) is 0 Å². The number of para-hydroxylation sites is 2. The first-order chi connectivity index (χ1) is 16.7. The van der Waals surface area contributed by atoms with E-state index in [4.69, 9.17) is 5.73 Å². The Morgan fingerprint density at radius 2 is 1.12 bits per heavy atom. The molecule has 0 aliphatic heterocycles. The van der Waals surface area contributed by atoms with Gasteiger partial charge < -0.3 is 5.73 Å². The minimum Gasteiger partial charge on any atom is -0.327 e. The molecule has 0 bridgehead atoms. The Kier molecular flexibility index (Phi) is 4.86. The topological polar surface area (TPSA) is 35.9 Å². The summed E-state index contributed by atoms with van der Waals surface area (Å²) in [5.74, 6) is 1.08. The summed E-state index contributed by atoms with van der Waals surface area (Å²) in [6.45, 7) is 4.81. The monoisotopic (exact) mass is 441 g/mol. The Morgan fingerprint density at radius 1 is 0.647 bits per heavy atom. The van der Waals surface area contributed by atoms with Crippen LogP contribution in [0.25, 0.3) is 43.6 Å². The molecule has 2 aromatic heterocycles. The van der Waals surface area contributed by atoms with Crippen molar-refractivity contribution in [3.05, 3.63) is 120 Å². The molecule has 6 aromatic rings. The molecule has 6 rings (SSSR count). The van der Waals surface area contributed by atoms with Crippen LogP contribution in [0.3, 0.4) is 0 Å². The fourth-order valence-electron chi connectivity index (χ4n) is 5.15. The number of benzene rings is 4. The summed E-state index contributed by atoms with van der Waals surface area (Å²) in [5.41, 5.74) is 13.1. The van der Waals surface area contributed by atoms with Gasteiger partial charge in [-0.1, -0.05) is 71.8 Å². The fraction of sp³-hybridized carbons (Fsp3) is 0.0968. The minimum absolute atomic E-state index is 0.502. The van der Waals surface area contributed by atoms with Gasteiger partial charge in [-0.25, -0.2) is 0 Å². The number of hydrogen-bond donors (Lipinski definition) is 1. The molecule has 0 saturated heterocycles. The van der Waals surface area contributed by atoms with Crippen LogP contribution >= 0.6 is 0 Å². The molecule has 2 N–H and O–H groups in total. The molecule has 0 spiro atoms. The molecule has 166 valence electrons. The Labute approximate surface area is 199 Å². The molecule has 0 unspecified atom stereocenters. The molecule has 34 heavy (non-hydrogen) atoms. The summed E-state index contributed by atoms with van der Waals surface area (Å²) in [6.07, 6.45) is 6.25. The SMILES string of the molecule is Cc1ccc2c(c1)c1ccccc1n2C(=C/C=C\CN)n1c2ccccc2c2cc(C)ccc21. The lowest BCUT2D eigenvalue weighted by Gasteiger charge is -2.17. The Bertz CT molecular complexity index is 1640. The predicted molar refractivity (Wildman–Crippen MR) is 145 cm³/mol. The number of aryl methyl sites for hydroxylation is 2. The van der Waals surface area contributed by atoms with Crippen molar-refractivity contribution in [2.24, 2.45) is 5.73 Å². The first-order valence-corrected chi connectivity index (χ1v) is 11.7. The highest BCUT2D eigenvalue weighted by Gasteiger charge is 2.19. The van der Waals surface area contributed by atoms with Crippen molar-refractivity contribution in [3.8, 4) is 0 Å². The summed E-state index contributed by atoms with van der Waals surface area (Å²) >= 11 is 0. The molecule has 2 heterocycles. The van der Waals surface area contributed by atoms with Crippen LogP contribution < -0.4 is 5.73 Å². The van der Waals surface area contributed by atoms with Crippen LogP contribution in [-0.4, -0.2) is 15.7 Å². The number of aromatic nitrogens is 2. The van der Waals surface area contributed by atoms with Crippen molar-refractivity contribution in [2.75, 3.05) is 6.54 Å². The van der Waals surface area contributed by atoms with E-state index in [9.17, 15) is 0 Å². The van der Waals surface area contributed by atoms with E-state index in [1.165, 1.54) is 54.7 Å². The third kappa shape index (κ3) is 3.09. The first kappa shape index (κ1) is 20.5. The summed E-state index contributed by atoms with van der Waals surface area (Å²) in [5, 5.41) is 5.04. The number of fused-ring (bicyclic) bond motifs is 6. The van der Waals surface area contributed by atoms with Crippen LogP contribution in [0, 0.1) is 19.7 Å². The van der Waals surface area contributed by atoms with Crippen LogP contribution in [0.15, 0.2) is 103 Å². The molecule has 0 amide bonds.